The fraction of sp³-hybridized carbons (Fsp3) is 0.500. The van der Waals surface area contributed by atoms with Crippen LogP contribution in [0.2, 0.25) is 0 Å². The molecule has 0 radical (unpaired) electrons. The average Bonchev–Trinajstić information content (AvgIpc) is 2.69. The number of ether oxygens (including phenoxy) is 1. The van der Waals surface area contributed by atoms with Crippen molar-refractivity contribution in [3.8, 4) is 0 Å². The summed E-state index contributed by atoms with van der Waals surface area (Å²) in [5, 5.41) is 0. The van der Waals surface area contributed by atoms with E-state index in [4.69, 9.17) is 4.74 Å². The molecular weight excluding hydrogens is 200 g/mol. The van der Waals surface area contributed by atoms with Crippen LogP contribution in [-0.2, 0) is 4.74 Å². The van der Waals surface area contributed by atoms with Gasteiger partial charge in [-0.05, 0) is 18.9 Å². The van der Waals surface area contributed by atoms with Gasteiger partial charge in [-0.2, -0.15) is 0 Å². The van der Waals surface area contributed by atoms with Gasteiger partial charge in [0.05, 0.1) is 5.56 Å². The van der Waals surface area contributed by atoms with Gasteiger partial charge in [0.25, 0.3) is 0 Å². The van der Waals surface area contributed by atoms with Gasteiger partial charge in [-0.1, -0.05) is 37.5 Å². The molecule has 3 rings (SSSR count). The van der Waals surface area contributed by atoms with E-state index in [0.717, 1.165) is 11.1 Å². The maximum Gasteiger partial charge on any atom is 0.339 e. The highest BCUT2D eigenvalue weighted by atomic mass is 16.5. The second-order valence-corrected chi connectivity index (χ2v) is 4.81. The molecule has 1 aliphatic carbocycles. The zero-order valence-electron chi connectivity index (χ0n) is 9.32. The number of cyclic esters (lactones) is 1. The Morgan fingerprint density at radius 3 is 2.62 bits per heavy atom. The Hall–Kier alpha value is -1.31. The Morgan fingerprint density at radius 2 is 1.81 bits per heavy atom. The summed E-state index contributed by atoms with van der Waals surface area (Å²) in [7, 11) is 0. The molecule has 1 aromatic rings. The van der Waals surface area contributed by atoms with Gasteiger partial charge in [-0.3, -0.25) is 0 Å². The predicted octanol–water partition coefficient (Wildman–Crippen LogP) is 3.48. The van der Waals surface area contributed by atoms with Crippen LogP contribution in [0.4, 0.5) is 0 Å². The van der Waals surface area contributed by atoms with Crippen LogP contribution in [-0.4, -0.2) is 5.97 Å². The normalized spacial score (nSPS) is 25.2. The van der Waals surface area contributed by atoms with Crippen LogP contribution in [0.3, 0.4) is 0 Å². The lowest BCUT2D eigenvalue weighted by molar-refractivity contribution is 0.0177. The summed E-state index contributed by atoms with van der Waals surface area (Å²) < 4.78 is 5.53. The zero-order chi connectivity index (χ0) is 11.0. The molecule has 1 fully saturated rings. The topological polar surface area (TPSA) is 26.3 Å². The van der Waals surface area contributed by atoms with Gasteiger partial charge < -0.3 is 4.74 Å². The number of carbonyl (C=O) groups is 1. The molecule has 1 atom stereocenters. The fourth-order valence-electron chi connectivity index (χ4n) is 2.96. The van der Waals surface area contributed by atoms with Crippen molar-refractivity contribution in [3.63, 3.8) is 0 Å². The summed E-state index contributed by atoms with van der Waals surface area (Å²) in [6.07, 6.45) is 6.32. The summed E-state index contributed by atoms with van der Waals surface area (Å²) in [5.74, 6) is 0.410. The molecule has 1 aliphatic heterocycles. The van der Waals surface area contributed by atoms with Gasteiger partial charge >= 0.3 is 5.97 Å². The number of hydrogen-bond donors (Lipinski definition) is 0. The van der Waals surface area contributed by atoms with Crippen LogP contribution >= 0.6 is 0 Å². The van der Waals surface area contributed by atoms with E-state index in [1.54, 1.807) is 0 Å². The summed E-state index contributed by atoms with van der Waals surface area (Å²) in [6, 6.07) is 7.82. The van der Waals surface area contributed by atoms with Crippen LogP contribution in [0, 0.1) is 5.92 Å². The summed E-state index contributed by atoms with van der Waals surface area (Å²) in [6.45, 7) is 0. The number of benzene rings is 1. The van der Waals surface area contributed by atoms with E-state index < -0.39 is 0 Å². The predicted molar refractivity (Wildman–Crippen MR) is 61.2 cm³/mol. The molecule has 0 aromatic heterocycles. The van der Waals surface area contributed by atoms with Crippen LogP contribution in [0.25, 0.3) is 0 Å². The first kappa shape index (κ1) is 9.88. The maximum absolute atomic E-state index is 11.7. The largest absolute Gasteiger partial charge is 0.454 e. The molecule has 16 heavy (non-hydrogen) atoms. The smallest absolute Gasteiger partial charge is 0.339 e. The second kappa shape index (κ2) is 3.93. The molecule has 0 saturated heterocycles. The van der Waals surface area contributed by atoms with Crippen LogP contribution in [0.15, 0.2) is 24.3 Å². The van der Waals surface area contributed by atoms with Crippen LogP contribution < -0.4 is 0 Å². The van der Waals surface area contributed by atoms with Gasteiger partial charge in [0.15, 0.2) is 0 Å². The highest BCUT2D eigenvalue weighted by molar-refractivity contribution is 5.94. The Bertz CT molecular complexity index is 405. The summed E-state index contributed by atoms with van der Waals surface area (Å²) in [4.78, 5) is 11.7. The summed E-state index contributed by atoms with van der Waals surface area (Å²) in [5.41, 5.74) is 1.89. The molecule has 2 aliphatic rings. The molecule has 2 nitrogen and oxygen atoms in total. The molecule has 1 unspecified atom stereocenters. The summed E-state index contributed by atoms with van der Waals surface area (Å²) >= 11 is 0. The molecular formula is C14H16O2. The van der Waals surface area contributed by atoms with E-state index in [-0.39, 0.29) is 12.1 Å². The Morgan fingerprint density at radius 1 is 1.06 bits per heavy atom. The highest BCUT2D eigenvalue weighted by Crippen LogP contribution is 2.42. The monoisotopic (exact) mass is 216 g/mol. The quantitative estimate of drug-likeness (QED) is 0.672. The van der Waals surface area contributed by atoms with E-state index in [1.165, 1.54) is 32.1 Å². The first-order valence-corrected chi connectivity index (χ1v) is 6.16. The number of carbonyl (C=O) groups excluding carboxylic acids is 1. The third kappa shape index (κ3) is 1.53. The van der Waals surface area contributed by atoms with E-state index in [9.17, 15) is 4.79 Å². The van der Waals surface area contributed by atoms with Gasteiger partial charge in [0.1, 0.15) is 6.10 Å². The van der Waals surface area contributed by atoms with Crippen molar-refractivity contribution >= 4 is 5.97 Å². The molecule has 0 bridgehead atoms. The van der Waals surface area contributed by atoms with Crippen molar-refractivity contribution in [2.75, 3.05) is 0 Å². The number of hydrogen-bond acceptors (Lipinski definition) is 2. The van der Waals surface area contributed by atoms with Crippen molar-refractivity contribution in [1.29, 1.82) is 0 Å². The molecule has 0 spiro atoms. The highest BCUT2D eigenvalue weighted by Gasteiger charge is 2.36. The molecule has 1 heterocycles. The third-order valence-corrected chi connectivity index (χ3v) is 3.80. The van der Waals surface area contributed by atoms with E-state index >= 15 is 0 Å². The first-order valence-electron chi connectivity index (χ1n) is 6.16. The van der Waals surface area contributed by atoms with Crippen molar-refractivity contribution in [3.05, 3.63) is 35.4 Å². The van der Waals surface area contributed by atoms with Gasteiger partial charge in [-0.15, -0.1) is 0 Å². The molecule has 0 N–H and O–H groups in total. The minimum Gasteiger partial charge on any atom is -0.454 e. The first-order chi connectivity index (χ1) is 7.86. The minimum atomic E-state index is -0.133. The van der Waals surface area contributed by atoms with Gasteiger partial charge in [-0.25, -0.2) is 4.79 Å². The Kier molecular flexibility index (Phi) is 2.43. The molecule has 2 heteroatoms. The van der Waals surface area contributed by atoms with Gasteiger partial charge in [0.2, 0.25) is 0 Å². The van der Waals surface area contributed by atoms with E-state index in [2.05, 4.69) is 0 Å². The fourth-order valence-corrected chi connectivity index (χ4v) is 2.96. The van der Waals surface area contributed by atoms with Crippen molar-refractivity contribution in [1.82, 2.24) is 0 Å². The van der Waals surface area contributed by atoms with E-state index in [0.29, 0.717) is 5.92 Å². The van der Waals surface area contributed by atoms with Crippen molar-refractivity contribution in [2.24, 2.45) is 5.92 Å². The standard InChI is InChI=1S/C14H16O2/c15-14-12-9-5-4-8-11(12)13(16-14)10-6-2-1-3-7-10/h4-5,8-10,13H,1-3,6-7H2. The third-order valence-electron chi connectivity index (χ3n) is 3.80. The Labute approximate surface area is 95.6 Å². The van der Waals surface area contributed by atoms with Crippen LogP contribution in [0.1, 0.15) is 54.1 Å². The SMILES string of the molecule is O=C1OC(C2CCCCC2)c2ccccc21. The average molecular weight is 216 g/mol. The molecule has 1 saturated carbocycles. The molecule has 1 aromatic carbocycles. The Balaban J connectivity index is 1.90. The minimum absolute atomic E-state index is 0.0315. The van der Waals surface area contributed by atoms with Crippen LogP contribution in [0.5, 0.6) is 0 Å². The van der Waals surface area contributed by atoms with Gasteiger partial charge in [0, 0.05) is 11.5 Å². The lowest BCUT2D eigenvalue weighted by Crippen LogP contribution is -2.16. The number of rotatable bonds is 1. The lowest BCUT2D eigenvalue weighted by Gasteiger charge is -2.26. The van der Waals surface area contributed by atoms with Crippen molar-refractivity contribution < 1.29 is 9.53 Å². The zero-order valence-corrected chi connectivity index (χ0v) is 9.32. The number of fused-ring (bicyclic) bond motifs is 1. The lowest BCUT2D eigenvalue weighted by atomic mass is 9.82. The van der Waals surface area contributed by atoms with E-state index in [1.807, 2.05) is 24.3 Å². The number of esters is 1. The molecule has 0 amide bonds. The van der Waals surface area contributed by atoms with Crippen molar-refractivity contribution in [2.45, 2.75) is 38.2 Å². The maximum atomic E-state index is 11.7. The molecule has 84 valence electrons. The second-order valence-electron chi connectivity index (χ2n) is 4.81.